The second kappa shape index (κ2) is 12.9. The van der Waals surface area contributed by atoms with Gasteiger partial charge < -0.3 is 9.64 Å². The number of nitrogens with zero attached hydrogens (tertiary/aromatic N) is 7. The lowest BCUT2D eigenvalue weighted by Gasteiger charge is -2.22. The second-order valence-corrected chi connectivity index (χ2v) is 9.72. The van der Waals surface area contributed by atoms with Gasteiger partial charge >= 0.3 is 5.97 Å². The van der Waals surface area contributed by atoms with Crippen molar-refractivity contribution in [2.45, 2.75) is 13.8 Å². The monoisotopic (exact) mass is 575 g/mol. The minimum Gasteiger partial charge on any atom is -0.460 e. The Morgan fingerprint density at radius 3 is 2.56 bits per heavy atom. The summed E-state index contributed by atoms with van der Waals surface area (Å²) in [6.07, 6.45) is 1.74. The van der Waals surface area contributed by atoms with Crippen LogP contribution in [0.5, 0.6) is 0 Å². The van der Waals surface area contributed by atoms with E-state index in [1.807, 2.05) is 66.4 Å². The van der Waals surface area contributed by atoms with E-state index in [0.29, 0.717) is 35.6 Å². The smallest absolute Gasteiger partial charge is 0.333 e. The molecule has 0 saturated heterocycles. The van der Waals surface area contributed by atoms with Gasteiger partial charge in [-0.25, -0.2) is 9.48 Å². The van der Waals surface area contributed by atoms with Crippen molar-refractivity contribution in [3.63, 3.8) is 0 Å². The number of nitro groups is 1. The number of likely N-dealkylation sites (N-methyl/N-ethyl adjacent to an activating group) is 1. The summed E-state index contributed by atoms with van der Waals surface area (Å²) >= 11 is 0. The molecule has 5 rings (SSSR count). The van der Waals surface area contributed by atoms with E-state index in [-0.39, 0.29) is 18.0 Å². The van der Waals surface area contributed by atoms with Crippen LogP contribution in [0.1, 0.15) is 13.8 Å². The number of anilines is 1. The average Bonchev–Trinajstić information content (AvgIpc) is 3.52. The van der Waals surface area contributed by atoms with Crippen LogP contribution in [0.2, 0.25) is 0 Å². The molecule has 0 unspecified atom stereocenters. The van der Waals surface area contributed by atoms with Gasteiger partial charge in [-0.1, -0.05) is 48.2 Å². The van der Waals surface area contributed by atoms with Crippen molar-refractivity contribution in [2.75, 3.05) is 24.6 Å². The molecule has 11 nitrogen and oxygen atoms in total. The lowest BCUT2D eigenvalue weighted by Crippen LogP contribution is -2.28. The summed E-state index contributed by atoms with van der Waals surface area (Å²) in [5.74, 6) is -0.416. The minimum atomic E-state index is -0.490. The van der Waals surface area contributed by atoms with Crippen LogP contribution in [0.3, 0.4) is 0 Å². The van der Waals surface area contributed by atoms with Crippen molar-refractivity contribution in [3.8, 4) is 16.9 Å². The molecule has 0 fully saturated rings. The van der Waals surface area contributed by atoms with Crippen LogP contribution in [-0.4, -0.2) is 45.6 Å². The number of aromatic nitrogens is 3. The lowest BCUT2D eigenvalue weighted by molar-refractivity contribution is -0.384. The molecule has 0 bridgehead atoms. The molecule has 0 saturated carbocycles. The lowest BCUT2D eigenvalue weighted by atomic mass is 10.1. The molecule has 0 spiro atoms. The number of hydrogen-bond acceptors (Lipinski definition) is 9. The molecule has 1 heterocycles. The molecule has 1 aromatic heterocycles. The maximum absolute atomic E-state index is 11.9. The number of benzene rings is 4. The first-order valence-electron chi connectivity index (χ1n) is 13.6. The van der Waals surface area contributed by atoms with Gasteiger partial charge in [0.15, 0.2) is 5.69 Å². The van der Waals surface area contributed by atoms with E-state index in [1.165, 1.54) is 6.07 Å². The maximum atomic E-state index is 11.9. The number of carbonyl (C=O) groups excluding carboxylic acids is 1. The van der Waals surface area contributed by atoms with Crippen molar-refractivity contribution in [1.82, 2.24) is 15.0 Å². The molecule has 0 atom stereocenters. The fourth-order valence-electron chi connectivity index (χ4n) is 4.52. The van der Waals surface area contributed by atoms with E-state index in [1.54, 1.807) is 42.1 Å². The molecule has 0 aliphatic carbocycles. The topological polar surface area (TPSA) is 128 Å². The van der Waals surface area contributed by atoms with E-state index in [9.17, 15) is 14.9 Å². The summed E-state index contributed by atoms with van der Waals surface area (Å²) < 4.78 is 6.86. The van der Waals surface area contributed by atoms with E-state index >= 15 is 0 Å². The molecule has 43 heavy (non-hydrogen) atoms. The van der Waals surface area contributed by atoms with Crippen LogP contribution < -0.4 is 4.90 Å². The maximum Gasteiger partial charge on any atom is 0.333 e. The summed E-state index contributed by atoms with van der Waals surface area (Å²) in [7, 11) is 0. The zero-order valence-electron chi connectivity index (χ0n) is 23.8. The van der Waals surface area contributed by atoms with E-state index < -0.39 is 10.9 Å². The van der Waals surface area contributed by atoms with E-state index in [0.717, 1.165) is 22.1 Å². The normalized spacial score (nSPS) is 11.1. The summed E-state index contributed by atoms with van der Waals surface area (Å²) in [4.78, 5) is 25.1. The van der Waals surface area contributed by atoms with Gasteiger partial charge in [0, 0.05) is 34.8 Å². The van der Waals surface area contributed by atoms with Gasteiger partial charge in [-0.15, -0.1) is 10.2 Å². The van der Waals surface area contributed by atoms with Crippen molar-refractivity contribution in [3.05, 3.63) is 113 Å². The minimum absolute atomic E-state index is 0.119. The zero-order chi connectivity index (χ0) is 30.3. The standard InChI is InChI=1S/C32H29N7O4/c1-4-37(18-19-43-32(40)22(2)3)26-15-13-25(14-16-26)33-34-28-17-12-24(20-31(28)39(41)42)29-21-38(36-35-29)30-11-7-9-23-8-5-6-10-27(23)30/h5-17,20-21H,2,4,18-19H2,1,3H3. The van der Waals surface area contributed by atoms with Crippen LogP contribution in [-0.2, 0) is 9.53 Å². The number of carbonyl (C=O) groups is 1. The van der Waals surface area contributed by atoms with Gasteiger partial charge in [-0.3, -0.25) is 10.1 Å². The first kappa shape index (κ1) is 28.8. The Labute approximate surface area is 247 Å². The fourth-order valence-corrected chi connectivity index (χ4v) is 4.52. The SMILES string of the molecule is C=C(C)C(=O)OCCN(CC)c1ccc(N=Nc2ccc(-c3cn(-c4cccc5ccccc45)nn3)cc2[N+](=O)[O-])cc1. The number of ether oxygens (including phenoxy) is 1. The van der Waals surface area contributed by atoms with Crippen molar-refractivity contribution in [1.29, 1.82) is 0 Å². The Balaban J connectivity index is 1.31. The van der Waals surface area contributed by atoms with Gasteiger partial charge in [0.25, 0.3) is 5.69 Å². The number of hydrogen-bond donors (Lipinski definition) is 0. The largest absolute Gasteiger partial charge is 0.460 e. The van der Waals surface area contributed by atoms with Gasteiger partial charge in [0.1, 0.15) is 12.3 Å². The third-order valence-electron chi connectivity index (χ3n) is 6.79. The number of esters is 1. The van der Waals surface area contributed by atoms with Gasteiger partial charge in [-0.05, 0) is 61.7 Å². The van der Waals surface area contributed by atoms with Crippen molar-refractivity contribution >= 4 is 39.5 Å². The zero-order valence-corrected chi connectivity index (χ0v) is 23.8. The molecule has 0 N–H and O–H groups in total. The Morgan fingerprint density at radius 2 is 1.81 bits per heavy atom. The molecule has 216 valence electrons. The summed E-state index contributed by atoms with van der Waals surface area (Å²) in [5.41, 5.74) is 3.62. The first-order valence-corrected chi connectivity index (χ1v) is 13.6. The molecule has 4 aromatic carbocycles. The number of rotatable bonds is 11. The van der Waals surface area contributed by atoms with Crippen molar-refractivity contribution < 1.29 is 14.5 Å². The van der Waals surface area contributed by atoms with Crippen LogP contribution in [0.4, 0.5) is 22.7 Å². The molecular weight excluding hydrogens is 546 g/mol. The third-order valence-corrected chi connectivity index (χ3v) is 6.79. The molecule has 0 aliphatic heterocycles. The predicted octanol–water partition coefficient (Wildman–Crippen LogP) is 7.36. The highest BCUT2D eigenvalue weighted by Gasteiger charge is 2.17. The highest BCUT2D eigenvalue weighted by atomic mass is 16.6. The molecule has 5 aromatic rings. The van der Waals surface area contributed by atoms with E-state index in [4.69, 9.17) is 4.74 Å². The van der Waals surface area contributed by atoms with Crippen LogP contribution >= 0.6 is 0 Å². The second-order valence-electron chi connectivity index (χ2n) is 9.72. The molecule has 0 radical (unpaired) electrons. The van der Waals surface area contributed by atoms with Crippen molar-refractivity contribution in [2.24, 2.45) is 10.2 Å². The Kier molecular flexibility index (Phi) is 8.61. The predicted molar refractivity (Wildman–Crippen MR) is 165 cm³/mol. The summed E-state index contributed by atoms with van der Waals surface area (Å²) in [6.45, 7) is 8.65. The number of fused-ring (bicyclic) bond motifs is 1. The molecule has 0 aliphatic rings. The number of azo groups is 1. The fraction of sp³-hybridized carbons (Fsp3) is 0.156. The average molecular weight is 576 g/mol. The van der Waals surface area contributed by atoms with Crippen LogP contribution in [0.25, 0.3) is 27.7 Å². The molecule has 11 heteroatoms. The van der Waals surface area contributed by atoms with Crippen LogP contribution in [0.15, 0.2) is 114 Å². The Morgan fingerprint density at radius 1 is 1.05 bits per heavy atom. The quantitative estimate of drug-likeness (QED) is 0.0529. The molecule has 0 amide bonds. The van der Waals surface area contributed by atoms with E-state index in [2.05, 4.69) is 27.1 Å². The molecular formula is C32H29N7O4. The van der Waals surface area contributed by atoms with Gasteiger partial charge in [0.2, 0.25) is 0 Å². The summed E-state index contributed by atoms with van der Waals surface area (Å²) in [6, 6.07) is 25.8. The highest BCUT2D eigenvalue weighted by Crippen LogP contribution is 2.34. The highest BCUT2D eigenvalue weighted by molar-refractivity contribution is 5.90. The van der Waals surface area contributed by atoms with Crippen LogP contribution in [0, 0.1) is 10.1 Å². The third kappa shape index (κ3) is 6.62. The van der Waals surface area contributed by atoms with Gasteiger partial charge in [-0.2, -0.15) is 5.11 Å². The first-order chi connectivity index (χ1) is 20.8. The van der Waals surface area contributed by atoms with Gasteiger partial charge in [0.05, 0.1) is 29.0 Å². The Hall–Kier alpha value is -5.71. The Bertz CT molecular complexity index is 1820. The number of nitro benzene ring substituents is 1. The summed E-state index contributed by atoms with van der Waals surface area (Å²) in [5, 5.41) is 30.9.